The third kappa shape index (κ3) is 3.56. The van der Waals surface area contributed by atoms with Gasteiger partial charge in [0.25, 0.3) is 0 Å². The van der Waals surface area contributed by atoms with Crippen LogP contribution in [0.15, 0.2) is 29.8 Å². The van der Waals surface area contributed by atoms with Gasteiger partial charge in [0, 0.05) is 6.42 Å². The smallest absolute Gasteiger partial charge is 0.162 e. The van der Waals surface area contributed by atoms with E-state index in [1.807, 2.05) is 0 Å². The number of allylic oxidation sites excluding steroid dienone is 2. The van der Waals surface area contributed by atoms with Crippen LogP contribution in [0.2, 0.25) is 0 Å². The standard InChI is InChI=1S/C17H22O/c1-13-9-14(2)11-15(10-13)12-17(18)16-7-5-3-4-6-8-16/h7,9-11H,3-6,8,12H2,1-2H3. The van der Waals surface area contributed by atoms with Crippen molar-refractivity contribution in [2.45, 2.75) is 52.4 Å². The first-order valence-electron chi connectivity index (χ1n) is 6.94. The second-order valence-corrected chi connectivity index (χ2v) is 5.42. The summed E-state index contributed by atoms with van der Waals surface area (Å²) in [5, 5.41) is 0. The normalized spacial score (nSPS) is 16.0. The zero-order valence-corrected chi connectivity index (χ0v) is 11.5. The largest absolute Gasteiger partial charge is 0.294 e. The fourth-order valence-electron chi connectivity index (χ4n) is 2.74. The van der Waals surface area contributed by atoms with Crippen molar-refractivity contribution >= 4 is 5.78 Å². The number of ketones is 1. The number of aryl methyl sites for hydroxylation is 2. The van der Waals surface area contributed by atoms with Crippen molar-refractivity contribution in [2.75, 3.05) is 0 Å². The molecular weight excluding hydrogens is 220 g/mol. The molecule has 2 rings (SSSR count). The van der Waals surface area contributed by atoms with Crippen LogP contribution in [0.5, 0.6) is 0 Å². The van der Waals surface area contributed by atoms with Gasteiger partial charge in [0.15, 0.2) is 5.78 Å². The van der Waals surface area contributed by atoms with Crippen molar-refractivity contribution in [1.82, 2.24) is 0 Å². The average Bonchev–Trinajstić information content (AvgIpc) is 2.55. The monoisotopic (exact) mass is 242 g/mol. The Balaban J connectivity index is 2.08. The van der Waals surface area contributed by atoms with Gasteiger partial charge in [0.05, 0.1) is 0 Å². The minimum Gasteiger partial charge on any atom is -0.294 e. The first-order valence-corrected chi connectivity index (χ1v) is 6.94. The summed E-state index contributed by atoms with van der Waals surface area (Å²) in [4.78, 5) is 12.3. The Morgan fingerprint density at radius 3 is 2.50 bits per heavy atom. The van der Waals surface area contributed by atoms with Gasteiger partial charge in [0.1, 0.15) is 0 Å². The molecule has 0 unspecified atom stereocenters. The van der Waals surface area contributed by atoms with Crippen molar-refractivity contribution in [3.05, 3.63) is 46.5 Å². The zero-order chi connectivity index (χ0) is 13.0. The van der Waals surface area contributed by atoms with Crippen LogP contribution in [0.3, 0.4) is 0 Å². The molecule has 1 heteroatoms. The van der Waals surface area contributed by atoms with Gasteiger partial charge in [0.2, 0.25) is 0 Å². The highest BCUT2D eigenvalue weighted by atomic mass is 16.1. The molecule has 1 aromatic rings. The third-order valence-corrected chi connectivity index (χ3v) is 3.55. The van der Waals surface area contributed by atoms with Gasteiger partial charge in [-0.3, -0.25) is 4.79 Å². The lowest BCUT2D eigenvalue weighted by Gasteiger charge is -2.07. The van der Waals surface area contributed by atoms with Crippen LogP contribution >= 0.6 is 0 Å². The number of Topliss-reactive ketones (excluding diaryl/α,β-unsaturated/α-hetero) is 1. The molecule has 0 heterocycles. The average molecular weight is 242 g/mol. The zero-order valence-electron chi connectivity index (χ0n) is 11.5. The van der Waals surface area contributed by atoms with E-state index in [1.54, 1.807) is 0 Å². The van der Waals surface area contributed by atoms with Gasteiger partial charge in [-0.05, 0) is 50.7 Å². The maximum absolute atomic E-state index is 12.3. The summed E-state index contributed by atoms with van der Waals surface area (Å²) < 4.78 is 0. The number of carbonyl (C=O) groups excluding carboxylic acids is 1. The van der Waals surface area contributed by atoms with Crippen LogP contribution in [-0.4, -0.2) is 5.78 Å². The lowest BCUT2D eigenvalue weighted by atomic mass is 9.97. The number of hydrogen-bond acceptors (Lipinski definition) is 1. The summed E-state index contributed by atoms with van der Waals surface area (Å²) in [5.41, 5.74) is 4.70. The molecule has 18 heavy (non-hydrogen) atoms. The van der Waals surface area contributed by atoms with E-state index in [0.29, 0.717) is 12.2 Å². The molecule has 96 valence electrons. The Bertz CT molecular complexity index is 448. The van der Waals surface area contributed by atoms with Crippen LogP contribution in [-0.2, 0) is 11.2 Å². The van der Waals surface area contributed by atoms with Crippen LogP contribution in [0.4, 0.5) is 0 Å². The van der Waals surface area contributed by atoms with Gasteiger partial charge in [-0.15, -0.1) is 0 Å². The Labute approximate surface area is 110 Å². The summed E-state index contributed by atoms with van der Waals surface area (Å²) in [6.45, 7) is 4.18. The second kappa shape index (κ2) is 5.99. The molecule has 0 spiro atoms. The van der Waals surface area contributed by atoms with E-state index >= 15 is 0 Å². The Morgan fingerprint density at radius 1 is 1.06 bits per heavy atom. The van der Waals surface area contributed by atoms with Crippen molar-refractivity contribution < 1.29 is 4.79 Å². The van der Waals surface area contributed by atoms with Gasteiger partial charge >= 0.3 is 0 Å². The molecule has 1 nitrogen and oxygen atoms in total. The van der Waals surface area contributed by atoms with Gasteiger partial charge in [-0.25, -0.2) is 0 Å². The van der Waals surface area contributed by atoms with Crippen molar-refractivity contribution in [1.29, 1.82) is 0 Å². The van der Waals surface area contributed by atoms with Crippen LogP contribution < -0.4 is 0 Å². The van der Waals surface area contributed by atoms with E-state index in [2.05, 4.69) is 38.1 Å². The van der Waals surface area contributed by atoms with E-state index in [0.717, 1.165) is 24.0 Å². The van der Waals surface area contributed by atoms with E-state index in [4.69, 9.17) is 0 Å². The molecule has 0 amide bonds. The summed E-state index contributed by atoms with van der Waals surface area (Å²) in [5.74, 6) is 0.321. The third-order valence-electron chi connectivity index (χ3n) is 3.55. The summed E-state index contributed by atoms with van der Waals surface area (Å²) in [6.07, 6.45) is 8.45. The van der Waals surface area contributed by atoms with E-state index in [1.165, 1.54) is 30.4 Å². The predicted molar refractivity (Wildman–Crippen MR) is 75.8 cm³/mol. The highest BCUT2D eigenvalue weighted by Gasteiger charge is 2.12. The lowest BCUT2D eigenvalue weighted by Crippen LogP contribution is -2.06. The molecule has 1 aliphatic rings. The highest BCUT2D eigenvalue weighted by molar-refractivity contribution is 5.96. The predicted octanol–water partition coefficient (Wildman–Crippen LogP) is 4.31. The van der Waals surface area contributed by atoms with Gasteiger partial charge in [-0.2, -0.15) is 0 Å². The summed E-state index contributed by atoms with van der Waals surface area (Å²) in [7, 11) is 0. The van der Waals surface area contributed by atoms with Crippen molar-refractivity contribution in [3.8, 4) is 0 Å². The van der Waals surface area contributed by atoms with E-state index < -0.39 is 0 Å². The second-order valence-electron chi connectivity index (χ2n) is 5.42. The van der Waals surface area contributed by atoms with Gasteiger partial charge < -0.3 is 0 Å². The molecule has 1 aromatic carbocycles. The molecule has 0 saturated heterocycles. The van der Waals surface area contributed by atoms with Crippen LogP contribution in [0, 0.1) is 13.8 Å². The van der Waals surface area contributed by atoms with Crippen LogP contribution in [0.25, 0.3) is 0 Å². The first-order chi connectivity index (χ1) is 8.65. The lowest BCUT2D eigenvalue weighted by molar-refractivity contribution is -0.115. The van der Waals surface area contributed by atoms with E-state index in [-0.39, 0.29) is 0 Å². The highest BCUT2D eigenvalue weighted by Crippen LogP contribution is 2.20. The number of carbonyl (C=O) groups is 1. The minimum absolute atomic E-state index is 0.321. The SMILES string of the molecule is Cc1cc(C)cc(CC(=O)C2=CCCCCC2)c1. The Kier molecular flexibility index (Phi) is 4.35. The number of rotatable bonds is 3. The fourth-order valence-corrected chi connectivity index (χ4v) is 2.74. The molecule has 0 N–H and O–H groups in total. The van der Waals surface area contributed by atoms with Gasteiger partial charge in [-0.1, -0.05) is 41.8 Å². The van der Waals surface area contributed by atoms with Crippen molar-refractivity contribution in [2.24, 2.45) is 0 Å². The molecule has 0 bridgehead atoms. The molecule has 0 aliphatic heterocycles. The fraction of sp³-hybridized carbons (Fsp3) is 0.471. The van der Waals surface area contributed by atoms with Crippen molar-refractivity contribution in [3.63, 3.8) is 0 Å². The topological polar surface area (TPSA) is 17.1 Å². The molecule has 0 fully saturated rings. The minimum atomic E-state index is 0.321. The maximum atomic E-state index is 12.3. The summed E-state index contributed by atoms with van der Waals surface area (Å²) in [6, 6.07) is 6.41. The summed E-state index contributed by atoms with van der Waals surface area (Å²) >= 11 is 0. The molecule has 0 atom stereocenters. The quantitative estimate of drug-likeness (QED) is 0.772. The molecule has 0 saturated carbocycles. The maximum Gasteiger partial charge on any atom is 0.162 e. The molecule has 0 aromatic heterocycles. The first kappa shape index (κ1) is 13.1. The van der Waals surface area contributed by atoms with E-state index in [9.17, 15) is 4.79 Å². The molecular formula is C17H22O. The van der Waals surface area contributed by atoms with Crippen LogP contribution in [0.1, 0.15) is 48.8 Å². The number of hydrogen-bond donors (Lipinski definition) is 0. The molecule has 0 radical (unpaired) electrons. The Hall–Kier alpha value is -1.37. The Morgan fingerprint density at radius 2 is 1.78 bits per heavy atom. The number of benzene rings is 1. The molecule has 1 aliphatic carbocycles.